The third-order valence-electron chi connectivity index (χ3n) is 3.13. The van der Waals surface area contributed by atoms with Crippen LogP contribution in [0.4, 0.5) is 5.69 Å². The average Bonchev–Trinajstić information content (AvgIpc) is 2.83. The lowest BCUT2D eigenvalue weighted by Crippen LogP contribution is -2.36. The molecule has 0 aliphatic heterocycles. The smallest absolute Gasteiger partial charge is 0.276 e. The average molecular weight is 273 g/mol. The second-order valence-electron chi connectivity index (χ2n) is 5.05. The van der Waals surface area contributed by atoms with Crippen LogP contribution >= 0.6 is 0 Å². The van der Waals surface area contributed by atoms with Gasteiger partial charge >= 0.3 is 0 Å². The Balaban J connectivity index is 2.24. The summed E-state index contributed by atoms with van der Waals surface area (Å²) in [6.45, 7) is 6.14. The van der Waals surface area contributed by atoms with Crippen LogP contribution in [-0.4, -0.2) is 22.0 Å². The van der Waals surface area contributed by atoms with Gasteiger partial charge in [-0.25, -0.2) is 0 Å². The van der Waals surface area contributed by atoms with E-state index in [4.69, 9.17) is 10.3 Å². The molecule has 0 atom stereocenters. The van der Waals surface area contributed by atoms with E-state index in [-0.39, 0.29) is 11.9 Å². The molecule has 0 spiro atoms. The molecule has 0 unspecified atom stereocenters. The van der Waals surface area contributed by atoms with Crippen molar-refractivity contribution in [2.45, 2.75) is 33.4 Å². The fourth-order valence-corrected chi connectivity index (χ4v) is 1.96. The van der Waals surface area contributed by atoms with Gasteiger partial charge in [-0.2, -0.15) is 0 Å². The largest absolute Gasteiger partial charge is 0.398 e. The van der Waals surface area contributed by atoms with Crippen molar-refractivity contribution in [3.63, 3.8) is 0 Å². The second-order valence-corrected chi connectivity index (χ2v) is 5.05. The first-order chi connectivity index (χ1) is 9.49. The van der Waals surface area contributed by atoms with Crippen molar-refractivity contribution < 1.29 is 9.32 Å². The maximum absolute atomic E-state index is 12.5. The van der Waals surface area contributed by atoms with Crippen LogP contribution in [0.15, 0.2) is 34.9 Å². The van der Waals surface area contributed by atoms with Gasteiger partial charge in [0, 0.05) is 24.3 Å². The van der Waals surface area contributed by atoms with Crippen LogP contribution in [0, 0.1) is 6.92 Å². The lowest BCUT2D eigenvalue weighted by molar-refractivity contribution is 0.0680. The van der Waals surface area contributed by atoms with E-state index in [2.05, 4.69) is 5.16 Å². The van der Waals surface area contributed by atoms with Gasteiger partial charge in [0.1, 0.15) is 5.76 Å². The minimum Gasteiger partial charge on any atom is -0.398 e. The Morgan fingerprint density at radius 2 is 2.10 bits per heavy atom. The normalized spacial score (nSPS) is 10.8. The monoisotopic (exact) mass is 273 g/mol. The minimum atomic E-state index is -0.153. The molecular weight excluding hydrogens is 254 g/mol. The summed E-state index contributed by atoms with van der Waals surface area (Å²) in [5, 5.41) is 3.79. The lowest BCUT2D eigenvalue weighted by atomic mass is 10.1. The van der Waals surface area contributed by atoms with Crippen molar-refractivity contribution in [2.75, 3.05) is 5.73 Å². The molecule has 0 saturated carbocycles. The van der Waals surface area contributed by atoms with E-state index in [1.165, 1.54) is 0 Å². The summed E-state index contributed by atoms with van der Waals surface area (Å²) < 4.78 is 4.97. The molecule has 0 fully saturated rings. The Hall–Kier alpha value is -2.30. The number of aryl methyl sites for hydroxylation is 1. The number of carbonyl (C=O) groups excluding carboxylic acids is 1. The lowest BCUT2D eigenvalue weighted by Gasteiger charge is -2.26. The number of para-hydroxylation sites is 1. The van der Waals surface area contributed by atoms with Crippen LogP contribution in [0.5, 0.6) is 0 Å². The highest BCUT2D eigenvalue weighted by molar-refractivity contribution is 5.92. The van der Waals surface area contributed by atoms with Crippen molar-refractivity contribution in [1.29, 1.82) is 0 Å². The van der Waals surface area contributed by atoms with Gasteiger partial charge in [0.15, 0.2) is 5.69 Å². The number of hydrogen-bond acceptors (Lipinski definition) is 4. The van der Waals surface area contributed by atoms with E-state index in [0.717, 1.165) is 5.56 Å². The number of nitrogen functional groups attached to an aromatic ring is 1. The molecule has 106 valence electrons. The van der Waals surface area contributed by atoms with Crippen molar-refractivity contribution in [3.05, 3.63) is 47.3 Å². The highest BCUT2D eigenvalue weighted by Gasteiger charge is 2.22. The number of anilines is 1. The van der Waals surface area contributed by atoms with E-state index < -0.39 is 0 Å². The number of benzene rings is 1. The first-order valence-corrected chi connectivity index (χ1v) is 6.56. The predicted molar refractivity (Wildman–Crippen MR) is 77.1 cm³/mol. The van der Waals surface area contributed by atoms with Crippen LogP contribution in [0.3, 0.4) is 0 Å². The van der Waals surface area contributed by atoms with E-state index in [1.54, 1.807) is 17.9 Å². The SMILES string of the molecule is Cc1cc(C(=O)N(Cc2ccccc2N)C(C)C)no1. The van der Waals surface area contributed by atoms with Gasteiger partial charge in [0.05, 0.1) is 0 Å². The van der Waals surface area contributed by atoms with Crippen LogP contribution in [0.2, 0.25) is 0 Å². The number of amides is 1. The summed E-state index contributed by atoms with van der Waals surface area (Å²) in [7, 11) is 0. The van der Waals surface area contributed by atoms with Crippen LogP contribution < -0.4 is 5.73 Å². The number of carbonyl (C=O) groups is 1. The third-order valence-corrected chi connectivity index (χ3v) is 3.13. The van der Waals surface area contributed by atoms with E-state index >= 15 is 0 Å². The molecule has 1 heterocycles. The topological polar surface area (TPSA) is 72.4 Å². The Morgan fingerprint density at radius 3 is 2.65 bits per heavy atom. The molecule has 0 saturated heterocycles. The highest BCUT2D eigenvalue weighted by Crippen LogP contribution is 2.17. The molecule has 0 bridgehead atoms. The van der Waals surface area contributed by atoms with E-state index in [1.807, 2.05) is 38.1 Å². The zero-order valence-corrected chi connectivity index (χ0v) is 12.0. The van der Waals surface area contributed by atoms with Crippen LogP contribution in [-0.2, 0) is 6.54 Å². The minimum absolute atomic E-state index is 0.0408. The van der Waals surface area contributed by atoms with Crippen LogP contribution in [0.25, 0.3) is 0 Å². The van der Waals surface area contributed by atoms with E-state index in [0.29, 0.717) is 23.7 Å². The summed E-state index contributed by atoms with van der Waals surface area (Å²) in [4.78, 5) is 14.2. The molecule has 0 radical (unpaired) electrons. The van der Waals surface area contributed by atoms with Gasteiger partial charge in [0.25, 0.3) is 5.91 Å². The number of aromatic nitrogens is 1. The maximum Gasteiger partial charge on any atom is 0.276 e. The van der Waals surface area contributed by atoms with Gasteiger partial charge in [-0.1, -0.05) is 23.4 Å². The molecule has 1 aromatic carbocycles. The highest BCUT2D eigenvalue weighted by atomic mass is 16.5. The molecule has 5 nitrogen and oxygen atoms in total. The number of nitrogens with two attached hydrogens (primary N) is 1. The quantitative estimate of drug-likeness (QED) is 0.869. The second kappa shape index (κ2) is 5.77. The number of nitrogens with zero attached hydrogens (tertiary/aromatic N) is 2. The molecule has 2 rings (SSSR count). The van der Waals surface area contributed by atoms with Crippen molar-refractivity contribution in [2.24, 2.45) is 0 Å². The van der Waals surface area contributed by atoms with E-state index in [9.17, 15) is 4.79 Å². The van der Waals surface area contributed by atoms with Gasteiger partial charge in [-0.05, 0) is 32.4 Å². The van der Waals surface area contributed by atoms with Crippen molar-refractivity contribution in [1.82, 2.24) is 10.1 Å². The Kier molecular flexibility index (Phi) is 4.08. The standard InChI is InChI=1S/C15H19N3O2/c1-10(2)18(9-12-6-4-5-7-13(12)16)15(19)14-8-11(3)20-17-14/h4-8,10H,9,16H2,1-3H3. The Bertz CT molecular complexity index is 605. The maximum atomic E-state index is 12.5. The van der Waals surface area contributed by atoms with Crippen molar-refractivity contribution >= 4 is 11.6 Å². The van der Waals surface area contributed by atoms with Gasteiger partial charge in [0.2, 0.25) is 0 Å². The zero-order valence-electron chi connectivity index (χ0n) is 12.0. The predicted octanol–water partition coefficient (Wildman–Crippen LogP) is 2.62. The first-order valence-electron chi connectivity index (χ1n) is 6.56. The Labute approximate surface area is 118 Å². The van der Waals surface area contributed by atoms with Gasteiger partial charge in [-0.15, -0.1) is 0 Å². The van der Waals surface area contributed by atoms with Gasteiger partial charge < -0.3 is 15.2 Å². The van der Waals surface area contributed by atoms with Crippen LogP contribution in [0.1, 0.15) is 35.7 Å². The summed E-state index contributed by atoms with van der Waals surface area (Å²) >= 11 is 0. The fraction of sp³-hybridized carbons (Fsp3) is 0.333. The fourth-order valence-electron chi connectivity index (χ4n) is 1.96. The summed E-state index contributed by atoms with van der Waals surface area (Å²) in [6, 6.07) is 9.23. The molecule has 0 aliphatic carbocycles. The molecule has 1 aromatic heterocycles. The first kappa shape index (κ1) is 14.1. The molecule has 0 aliphatic rings. The number of rotatable bonds is 4. The summed E-state index contributed by atoms with van der Waals surface area (Å²) in [6.07, 6.45) is 0. The molecule has 2 aromatic rings. The number of hydrogen-bond donors (Lipinski definition) is 1. The molecule has 5 heteroatoms. The molecular formula is C15H19N3O2. The third kappa shape index (κ3) is 2.99. The molecule has 20 heavy (non-hydrogen) atoms. The molecule has 2 N–H and O–H groups in total. The van der Waals surface area contributed by atoms with Gasteiger partial charge in [-0.3, -0.25) is 4.79 Å². The van der Waals surface area contributed by atoms with Crippen molar-refractivity contribution in [3.8, 4) is 0 Å². The summed E-state index contributed by atoms with van der Waals surface area (Å²) in [5.74, 6) is 0.469. The zero-order chi connectivity index (χ0) is 14.7. The molecule has 1 amide bonds. The summed E-state index contributed by atoms with van der Waals surface area (Å²) in [5.41, 5.74) is 7.87. The Morgan fingerprint density at radius 1 is 1.40 bits per heavy atom.